The van der Waals surface area contributed by atoms with Crippen LogP contribution < -0.4 is 11.0 Å². The summed E-state index contributed by atoms with van der Waals surface area (Å²) >= 11 is 0. The van der Waals surface area contributed by atoms with Crippen LogP contribution in [-0.2, 0) is 4.74 Å². The van der Waals surface area contributed by atoms with E-state index in [1.807, 2.05) is 18.2 Å². The van der Waals surface area contributed by atoms with Crippen LogP contribution in [-0.4, -0.2) is 29.2 Å². The number of rotatable bonds is 6. The van der Waals surface area contributed by atoms with Crippen LogP contribution in [0.5, 0.6) is 0 Å². The number of imidazole rings is 1. The molecule has 5 heteroatoms. The molecule has 21 heavy (non-hydrogen) atoms. The van der Waals surface area contributed by atoms with E-state index in [0.717, 1.165) is 24.2 Å². The van der Waals surface area contributed by atoms with Gasteiger partial charge in [0.2, 0.25) is 0 Å². The normalized spacial score (nSPS) is 17.6. The van der Waals surface area contributed by atoms with Gasteiger partial charge in [-0.2, -0.15) is 0 Å². The molecule has 114 valence electrons. The third kappa shape index (κ3) is 3.54. The molecule has 1 atom stereocenters. The maximum atomic E-state index is 11.3. The molecule has 1 heterocycles. The van der Waals surface area contributed by atoms with E-state index in [1.165, 1.54) is 31.2 Å². The van der Waals surface area contributed by atoms with E-state index in [2.05, 4.69) is 22.2 Å². The lowest BCUT2D eigenvalue weighted by Crippen LogP contribution is -2.25. The summed E-state index contributed by atoms with van der Waals surface area (Å²) in [6, 6.07) is 6.24. The van der Waals surface area contributed by atoms with Gasteiger partial charge in [-0.1, -0.05) is 18.9 Å². The predicted octanol–water partition coefficient (Wildman–Crippen LogP) is 2.47. The molecule has 0 amide bonds. The van der Waals surface area contributed by atoms with Crippen molar-refractivity contribution in [3.8, 4) is 0 Å². The number of benzene rings is 1. The van der Waals surface area contributed by atoms with E-state index in [-0.39, 0.29) is 11.7 Å². The zero-order chi connectivity index (χ0) is 14.7. The van der Waals surface area contributed by atoms with Crippen LogP contribution in [0.1, 0.15) is 44.2 Å². The molecular formula is C16H23N3O2. The van der Waals surface area contributed by atoms with Crippen molar-refractivity contribution in [3.63, 3.8) is 0 Å². The summed E-state index contributed by atoms with van der Waals surface area (Å²) in [5.41, 5.74) is 2.71. The van der Waals surface area contributed by atoms with Gasteiger partial charge in [0, 0.05) is 12.6 Å². The number of nitrogens with one attached hydrogen (secondary N) is 3. The highest BCUT2D eigenvalue weighted by Crippen LogP contribution is 2.21. The Labute approximate surface area is 124 Å². The van der Waals surface area contributed by atoms with Crippen molar-refractivity contribution in [2.45, 2.75) is 44.8 Å². The summed E-state index contributed by atoms with van der Waals surface area (Å²) in [7, 11) is 0. The summed E-state index contributed by atoms with van der Waals surface area (Å²) in [6.45, 7) is 3.74. The number of hydrogen-bond donors (Lipinski definition) is 3. The molecule has 1 fully saturated rings. The lowest BCUT2D eigenvalue weighted by Gasteiger charge is -2.16. The fraction of sp³-hybridized carbons (Fsp3) is 0.562. The average molecular weight is 289 g/mol. The Morgan fingerprint density at radius 3 is 2.86 bits per heavy atom. The summed E-state index contributed by atoms with van der Waals surface area (Å²) < 4.78 is 5.85. The van der Waals surface area contributed by atoms with Crippen molar-refractivity contribution >= 4 is 11.0 Å². The highest BCUT2D eigenvalue weighted by atomic mass is 16.5. The SMILES string of the molecule is CC(NCCOC1CCCC1)c1ccc2[nH]c(=O)[nH]c2c1. The molecule has 2 aromatic rings. The van der Waals surface area contributed by atoms with E-state index >= 15 is 0 Å². The van der Waals surface area contributed by atoms with Gasteiger partial charge in [-0.3, -0.25) is 0 Å². The molecule has 1 saturated carbocycles. The second-order valence-corrected chi connectivity index (χ2v) is 5.84. The first kappa shape index (κ1) is 14.4. The number of H-pyrrole nitrogens is 2. The summed E-state index contributed by atoms with van der Waals surface area (Å²) in [6.07, 6.45) is 5.52. The largest absolute Gasteiger partial charge is 0.377 e. The Morgan fingerprint density at radius 2 is 2.05 bits per heavy atom. The average Bonchev–Trinajstić information content (AvgIpc) is 3.10. The Bertz CT molecular complexity index is 640. The fourth-order valence-corrected chi connectivity index (χ4v) is 2.99. The van der Waals surface area contributed by atoms with E-state index in [1.54, 1.807) is 0 Å². The van der Waals surface area contributed by atoms with Gasteiger partial charge in [0.25, 0.3) is 0 Å². The standard InChI is InChI=1S/C16H23N3O2/c1-11(17-8-9-21-13-4-2-3-5-13)12-6-7-14-15(10-12)19-16(20)18-14/h6-7,10-11,13,17H,2-5,8-9H2,1H3,(H2,18,19,20). The molecule has 1 aromatic carbocycles. The van der Waals surface area contributed by atoms with E-state index in [0.29, 0.717) is 6.10 Å². The minimum absolute atomic E-state index is 0.160. The first-order valence-corrected chi connectivity index (χ1v) is 7.79. The molecule has 1 aliphatic rings. The second-order valence-electron chi connectivity index (χ2n) is 5.84. The summed E-state index contributed by atoms with van der Waals surface area (Å²) in [5, 5.41) is 3.47. The molecule has 0 bridgehead atoms. The van der Waals surface area contributed by atoms with Crippen molar-refractivity contribution < 1.29 is 4.74 Å². The number of ether oxygens (including phenoxy) is 1. The molecule has 0 aliphatic heterocycles. The Hall–Kier alpha value is -1.59. The number of aromatic nitrogens is 2. The highest BCUT2D eigenvalue weighted by molar-refractivity contribution is 5.75. The molecule has 1 unspecified atom stereocenters. The molecule has 0 radical (unpaired) electrons. The van der Waals surface area contributed by atoms with Gasteiger partial charge in [0.1, 0.15) is 0 Å². The van der Waals surface area contributed by atoms with Crippen LogP contribution in [0.15, 0.2) is 23.0 Å². The third-order valence-electron chi connectivity index (χ3n) is 4.25. The Balaban J connectivity index is 1.51. The molecule has 0 saturated heterocycles. The van der Waals surface area contributed by atoms with Crippen molar-refractivity contribution in [1.82, 2.24) is 15.3 Å². The minimum atomic E-state index is -0.160. The second kappa shape index (κ2) is 6.45. The molecule has 3 rings (SSSR count). The van der Waals surface area contributed by atoms with Gasteiger partial charge in [0.15, 0.2) is 0 Å². The lowest BCUT2D eigenvalue weighted by atomic mass is 10.1. The van der Waals surface area contributed by atoms with Crippen LogP contribution >= 0.6 is 0 Å². The summed E-state index contributed by atoms with van der Waals surface area (Å²) in [4.78, 5) is 16.8. The fourth-order valence-electron chi connectivity index (χ4n) is 2.99. The quantitative estimate of drug-likeness (QED) is 0.715. The van der Waals surface area contributed by atoms with Crippen molar-refractivity contribution in [3.05, 3.63) is 34.2 Å². The monoisotopic (exact) mass is 289 g/mol. The maximum Gasteiger partial charge on any atom is 0.323 e. The molecule has 5 nitrogen and oxygen atoms in total. The topological polar surface area (TPSA) is 69.9 Å². The summed E-state index contributed by atoms with van der Waals surface area (Å²) in [5.74, 6) is 0. The zero-order valence-corrected chi connectivity index (χ0v) is 12.4. The minimum Gasteiger partial charge on any atom is -0.377 e. The molecule has 1 aromatic heterocycles. The van der Waals surface area contributed by atoms with Crippen LogP contribution in [0.4, 0.5) is 0 Å². The third-order valence-corrected chi connectivity index (χ3v) is 4.25. The number of hydrogen-bond acceptors (Lipinski definition) is 3. The predicted molar refractivity (Wildman–Crippen MR) is 83.5 cm³/mol. The number of aromatic amines is 2. The highest BCUT2D eigenvalue weighted by Gasteiger charge is 2.15. The van der Waals surface area contributed by atoms with Gasteiger partial charge in [-0.15, -0.1) is 0 Å². The molecule has 3 N–H and O–H groups in total. The van der Waals surface area contributed by atoms with Gasteiger partial charge in [-0.25, -0.2) is 4.79 Å². The first-order chi connectivity index (χ1) is 10.2. The van der Waals surface area contributed by atoms with Gasteiger partial charge >= 0.3 is 5.69 Å². The molecule has 1 aliphatic carbocycles. The van der Waals surface area contributed by atoms with Crippen molar-refractivity contribution in [2.24, 2.45) is 0 Å². The van der Waals surface area contributed by atoms with Crippen LogP contribution in [0, 0.1) is 0 Å². The van der Waals surface area contributed by atoms with Crippen LogP contribution in [0.3, 0.4) is 0 Å². The van der Waals surface area contributed by atoms with Crippen molar-refractivity contribution in [1.29, 1.82) is 0 Å². The van der Waals surface area contributed by atoms with Gasteiger partial charge < -0.3 is 20.0 Å². The van der Waals surface area contributed by atoms with Crippen molar-refractivity contribution in [2.75, 3.05) is 13.2 Å². The van der Waals surface area contributed by atoms with Crippen LogP contribution in [0.2, 0.25) is 0 Å². The Morgan fingerprint density at radius 1 is 1.29 bits per heavy atom. The zero-order valence-electron chi connectivity index (χ0n) is 12.4. The molecular weight excluding hydrogens is 266 g/mol. The lowest BCUT2D eigenvalue weighted by molar-refractivity contribution is 0.0593. The molecule has 0 spiro atoms. The van der Waals surface area contributed by atoms with Gasteiger partial charge in [0.05, 0.1) is 23.7 Å². The Kier molecular flexibility index (Phi) is 4.41. The maximum absolute atomic E-state index is 11.3. The van der Waals surface area contributed by atoms with Crippen LogP contribution in [0.25, 0.3) is 11.0 Å². The van der Waals surface area contributed by atoms with E-state index < -0.39 is 0 Å². The smallest absolute Gasteiger partial charge is 0.323 e. The van der Waals surface area contributed by atoms with E-state index in [4.69, 9.17) is 4.74 Å². The first-order valence-electron chi connectivity index (χ1n) is 7.79. The number of fused-ring (bicyclic) bond motifs is 1. The van der Waals surface area contributed by atoms with Gasteiger partial charge in [-0.05, 0) is 37.5 Å². The van der Waals surface area contributed by atoms with E-state index in [9.17, 15) is 4.79 Å².